The van der Waals surface area contributed by atoms with E-state index in [0.717, 1.165) is 0 Å². The smallest absolute Gasteiger partial charge is 0.414 e. The van der Waals surface area contributed by atoms with Crippen LogP contribution < -0.4 is 0 Å². The lowest BCUT2D eigenvalue weighted by atomic mass is 10.2. The number of hydrogen-bond donors (Lipinski definition) is 0. The number of carbonyl (C=O) groups is 2. The third kappa shape index (κ3) is 3.61. The van der Waals surface area contributed by atoms with Gasteiger partial charge in [-0.2, -0.15) is 0 Å². The second-order valence-electron chi connectivity index (χ2n) is 4.17. The fourth-order valence-electron chi connectivity index (χ4n) is 1.05. The van der Waals surface area contributed by atoms with Gasteiger partial charge in [0.05, 0.1) is 12.7 Å². The molecule has 0 radical (unpaired) electrons. The van der Waals surface area contributed by atoms with Crippen molar-refractivity contribution in [3.8, 4) is 0 Å². The van der Waals surface area contributed by atoms with Gasteiger partial charge in [0.15, 0.2) is 12.0 Å². The van der Waals surface area contributed by atoms with Crippen LogP contribution in [0, 0.1) is 0 Å². The summed E-state index contributed by atoms with van der Waals surface area (Å²) in [6.45, 7) is 6.07. The molecule has 0 aliphatic carbocycles. The topological polar surface area (TPSA) is 55.8 Å². The summed E-state index contributed by atoms with van der Waals surface area (Å²) in [6.07, 6.45) is 1.45. The van der Waals surface area contributed by atoms with E-state index in [1.54, 1.807) is 20.8 Å². The fourth-order valence-corrected chi connectivity index (χ4v) is 1.05. The van der Waals surface area contributed by atoms with Crippen molar-refractivity contribution in [1.82, 2.24) is 4.90 Å². The first kappa shape index (κ1) is 11.6. The van der Waals surface area contributed by atoms with E-state index < -0.39 is 11.7 Å². The van der Waals surface area contributed by atoms with Gasteiger partial charge in [0, 0.05) is 0 Å². The molecule has 5 nitrogen and oxygen atoms in total. The van der Waals surface area contributed by atoms with Crippen LogP contribution in [0.4, 0.5) is 4.79 Å². The molecule has 1 aliphatic rings. The predicted molar refractivity (Wildman–Crippen MR) is 53.0 cm³/mol. The van der Waals surface area contributed by atoms with Crippen LogP contribution in [0.1, 0.15) is 20.8 Å². The quantitative estimate of drug-likeness (QED) is 0.616. The Hall–Kier alpha value is -1.52. The summed E-state index contributed by atoms with van der Waals surface area (Å²) in [5.74, 6) is 0.145. The Bertz CT molecular complexity index is 290. The van der Waals surface area contributed by atoms with Crippen molar-refractivity contribution in [2.45, 2.75) is 26.4 Å². The highest BCUT2D eigenvalue weighted by atomic mass is 16.6. The highest BCUT2D eigenvalue weighted by molar-refractivity contribution is 5.74. The van der Waals surface area contributed by atoms with Crippen molar-refractivity contribution in [2.24, 2.45) is 0 Å². The van der Waals surface area contributed by atoms with Gasteiger partial charge in [-0.1, -0.05) is 0 Å². The average molecular weight is 213 g/mol. The van der Waals surface area contributed by atoms with Crippen LogP contribution in [-0.2, 0) is 14.3 Å². The van der Waals surface area contributed by atoms with E-state index in [2.05, 4.69) is 0 Å². The van der Waals surface area contributed by atoms with E-state index in [1.165, 1.54) is 11.1 Å². The number of aldehydes is 1. The van der Waals surface area contributed by atoms with Crippen LogP contribution in [0.3, 0.4) is 0 Å². The molecule has 0 atom stereocenters. The van der Waals surface area contributed by atoms with Gasteiger partial charge in [0.2, 0.25) is 0 Å². The lowest BCUT2D eigenvalue weighted by molar-refractivity contribution is -0.108. The lowest BCUT2D eigenvalue weighted by Gasteiger charge is -2.27. The number of allylic oxidation sites excluding steroid dienone is 1. The van der Waals surface area contributed by atoms with Gasteiger partial charge in [0.1, 0.15) is 12.2 Å². The van der Waals surface area contributed by atoms with E-state index in [4.69, 9.17) is 9.47 Å². The number of ether oxygens (including phenoxy) is 2. The average Bonchev–Trinajstić information content (AvgIpc) is 2.15. The van der Waals surface area contributed by atoms with E-state index in [1.807, 2.05) is 0 Å². The molecule has 0 aromatic heterocycles. The first-order chi connectivity index (χ1) is 6.92. The van der Waals surface area contributed by atoms with E-state index in [9.17, 15) is 9.59 Å². The van der Waals surface area contributed by atoms with Gasteiger partial charge in [-0.3, -0.25) is 9.69 Å². The van der Waals surface area contributed by atoms with E-state index in [-0.39, 0.29) is 5.76 Å². The second kappa shape index (κ2) is 4.33. The first-order valence-electron chi connectivity index (χ1n) is 4.72. The molecule has 1 amide bonds. The molecule has 84 valence electrons. The number of hydrogen-bond acceptors (Lipinski definition) is 4. The zero-order valence-corrected chi connectivity index (χ0v) is 9.15. The maximum absolute atomic E-state index is 11.6. The molecular weight excluding hydrogens is 198 g/mol. The van der Waals surface area contributed by atoms with Gasteiger partial charge in [-0.05, 0) is 20.8 Å². The maximum atomic E-state index is 11.6. The standard InChI is InChI=1S/C10H15NO4/c1-10(2,3)15-9(13)11-4-5-14-8(6-11)7-12/h6-7H,4-5H2,1-3H3. The summed E-state index contributed by atoms with van der Waals surface area (Å²) in [4.78, 5) is 23.3. The van der Waals surface area contributed by atoms with Gasteiger partial charge in [-0.15, -0.1) is 0 Å². The van der Waals surface area contributed by atoms with E-state index >= 15 is 0 Å². The summed E-state index contributed by atoms with van der Waals surface area (Å²) in [5, 5.41) is 0. The Balaban J connectivity index is 2.64. The summed E-state index contributed by atoms with van der Waals surface area (Å²) in [6, 6.07) is 0. The summed E-state index contributed by atoms with van der Waals surface area (Å²) in [5.41, 5.74) is -0.537. The number of amides is 1. The molecule has 0 aromatic carbocycles. The van der Waals surface area contributed by atoms with Gasteiger partial charge in [-0.25, -0.2) is 4.79 Å². The predicted octanol–water partition coefficient (Wildman–Crippen LogP) is 1.29. The van der Waals surface area contributed by atoms with Crippen molar-refractivity contribution in [3.05, 3.63) is 12.0 Å². The van der Waals surface area contributed by atoms with Crippen molar-refractivity contribution in [2.75, 3.05) is 13.2 Å². The maximum Gasteiger partial charge on any atom is 0.414 e. The Kier molecular flexibility index (Phi) is 3.34. The number of carbonyl (C=O) groups excluding carboxylic acids is 2. The van der Waals surface area contributed by atoms with Crippen LogP contribution in [0.2, 0.25) is 0 Å². The summed E-state index contributed by atoms with van der Waals surface area (Å²) >= 11 is 0. The van der Waals surface area contributed by atoms with Crippen LogP contribution >= 0.6 is 0 Å². The minimum Gasteiger partial charge on any atom is -0.487 e. The monoisotopic (exact) mass is 213 g/mol. The highest BCUT2D eigenvalue weighted by Gasteiger charge is 2.23. The molecule has 0 aromatic rings. The molecule has 5 heteroatoms. The Morgan fingerprint density at radius 1 is 1.60 bits per heavy atom. The molecule has 0 spiro atoms. The zero-order valence-electron chi connectivity index (χ0n) is 9.15. The van der Waals surface area contributed by atoms with E-state index in [0.29, 0.717) is 19.4 Å². The van der Waals surface area contributed by atoms with Crippen LogP contribution in [-0.4, -0.2) is 36.0 Å². The molecule has 0 unspecified atom stereocenters. The molecule has 15 heavy (non-hydrogen) atoms. The Labute approximate surface area is 88.6 Å². The highest BCUT2D eigenvalue weighted by Crippen LogP contribution is 2.13. The SMILES string of the molecule is CC(C)(C)OC(=O)N1C=C(C=O)OCC1. The molecule has 0 bridgehead atoms. The Morgan fingerprint density at radius 2 is 2.27 bits per heavy atom. The summed E-state index contributed by atoms with van der Waals surface area (Å²) in [7, 11) is 0. The lowest BCUT2D eigenvalue weighted by Crippen LogP contribution is -2.37. The number of rotatable bonds is 1. The molecule has 0 fully saturated rings. The van der Waals surface area contributed by atoms with Crippen molar-refractivity contribution < 1.29 is 19.1 Å². The molecular formula is C10H15NO4. The largest absolute Gasteiger partial charge is 0.487 e. The molecule has 1 heterocycles. The normalized spacial score (nSPS) is 16.5. The zero-order chi connectivity index (χ0) is 11.5. The van der Waals surface area contributed by atoms with Crippen LogP contribution in [0.5, 0.6) is 0 Å². The first-order valence-corrected chi connectivity index (χ1v) is 4.72. The molecule has 1 aliphatic heterocycles. The minimum absolute atomic E-state index is 0.145. The Morgan fingerprint density at radius 3 is 2.80 bits per heavy atom. The minimum atomic E-state index is -0.537. The third-order valence-corrected chi connectivity index (χ3v) is 1.63. The van der Waals surface area contributed by atoms with Gasteiger partial charge in [0.25, 0.3) is 0 Å². The van der Waals surface area contributed by atoms with Gasteiger partial charge < -0.3 is 9.47 Å². The van der Waals surface area contributed by atoms with Crippen LogP contribution in [0.15, 0.2) is 12.0 Å². The second-order valence-corrected chi connectivity index (χ2v) is 4.17. The summed E-state index contributed by atoms with van der Waals surface area (Å²) < 4.78 is 10.1. The van der Waals surface area contributed by atoms with Crippen molar-refractivity contribution in [1.29, 1.82) is 0 Å². The third-order valence-electron chi connectivity index (χ3n) is 1.63. The molecule has 0 saturated heterocycles. The molecule has 0 N–H and O–H groups in total. The van der Waals surface area contributed by atoms with Gasteiger partial charge >= 0.3 is 6.09 Å². The van der Waals surface area contributed by atoms with Crippen molar-refractivity contribution in [3.63, 3.8) is 0 Å². The number of nitrogens with zero attached hydrogens (tertiary/aromatic N) is 1. The molecule has 1 rings (SSSR count). The van der Waals surface area contributed by atoms with Crippen molar-refractivity contribution >= 4 is 12.4 Å². The molecule has 0 saturated carbocycles. The fraction of sp³-hybridized carbons (Fsp3) is 0.600. The van der Waals surface area contributed by atoms with Crippen LogP contribution in [0.25, 0.3) is 0 Å².